The Balaban J connectivity index is 1.81. The molecule has 0 spiro atoms. The molecule has 1 N–H and O–H groups in total. The minimum atomic E-state index is -0.576. The number of rotatable bonds is 5. The zero-order valence-electron chi connectivity index (χ0n) is 12.1. The molecule has 1 amide bonds. The molecular weight excluding hydrogens is 285 g/mol. The molecule has 0 aromatic heterocycles. The van der Waals surface area contributed by atoms with Gasteiger partial charge in [0.05, 0.1) is 6.42 Å². The first-order chi connectivity index (χ1) is 10.5. The Kier molecular flexibility index (Phi) is 5.25. The normalized spacial score (nSPS) is 10.1. The van der Waals surface area contributed by atoms with Gasteiger partial charge >= 0.3 is 5.97 Å². The lowest BCUT2D eigenvalue weighted by Crippen LogP contribution is -2.33. The van der Waals surface area contributed by atoms with Crippen LogP contribution in [0.4, 0.5) is 4.39 Å². The number of halogens is 1. The van der Waals surface area contributed by atoms with Crippen LogP contribution in [-0.2, 0) is 16.0 Å². The van der Waals surface area contributed by atoms with Crippen LogP contribution in [0.3, 0.4) is 0 Å². The largest absolute Gasteiger partial charge is 0.425 e. The lowest BCUT2D eigenvalue weighted by molar-refractivity contribution is -0.135. The Labute approximate surface area is 127 Å². The quantitative estimate of drug-likeness (QED) is 0.681. The molecule has 0 saturated carbocycles. The predicted octanol–water partition coefficient (Wildman–Crippen LogP) is 2.40. The van der Waals surface area contributed by atoms with E-state index in [0.717, 1.165) is 5.56 Å². The van der Waals surface area contributed by atoms with Crippen LogP contribution in [0.1, 0.15) is 11.1 Å². The van der Waals surface area contributed by atoms with Crippen molar-refractivity contribution < 1.29 is 18.7 Å². The van der Waals surface area contributed by atoms with Gasteiger partial charge in [-0.1, -0.05) is 30.3 Å². The molecule has 22 heavy (non-hydrogen) atoms. The molecular formula is C17H16FNO3. The summed E-state index contributed by atoms with van der Waals surface area (Å²) in [7, 11) is 0. The fraction of sp³-hybridized carbons (Fsp3) is 0.176. The second kappa shape index (κ2) is 7.36. The lowest BCUT2D eigenvalue weighted by Gasteiger charge is -2.07. The second-order valence-electron chi connectivity index (χ2n) is 4.84. The van der Waals surface area contributed by atoms with Gasteiger partial charge in [0.2, 0.25) is 5.91 Å². The summed E-state index contributed by atoms with van der Waals surface area (Å²) >= 11 is 0. The van der Waals surface area contributed by atoms with E-state index in [1.807, 2.05) is 13.0 Å². The van der Waals surface area contributed by atoms with E-state index < -0.39 is 17.7 Å². The number of carbonyl (C=O) groups is 2. The maximum Gasteiger partial charge on any atom is 0.330 e. The molecule has 2 aromatic rings. The molecule has 0 bridgehead atoms. The van der Waals surface area contributed by atoms with E-state index in [4.69, 9.17) is 4.74 Å². The van der Waals surface area contributed by atoms with Crippen LogP contribution in [0, 0.1) is 12.7 Å². The maximum atomic E-state index is 13.4. The highest BCUT2D eigenvalue weighted by Gasteiger charge is 2.10. The van der Waals surface area contributed by atoms with Gasteiger partial charge in [0, 0.05) is 0 Å². The molecule has 0 radical (unpaired) electrons. The number of hydrogen-bond donors (Lipinski definition) is 1. The van der Waals surface area contributed by atoms with Crippen LogP contribution in [0.25, 0.3) is 0 Å². The molecule has 4 nitrogen and oxygen atoms in total. The summed E-state index contributed by atoms with van der Waals surface area (Å²) in [5.41, 5.74) is 1.25. The summed E-state index contributed by atoms with van der Waals surface area (Å²) in [5, 5.41) is 2.41. The van der Waals surface area contributed by atoms with Crippen molar-refractivity contribution in [2.24, 2.45) is 0 Å². The number of nitrogens with one attached hydrogen (secondary N) is 1. The van der Waals surface area contributed by atoms with E-state index in [1.54, 1.807) is 30.3 Å². The van der Waals surface area contributed by atoms with Crippen molar-refractivity contribution in [2.45, 2.75) is 13.3 Å². The first-order valence-corrected chi connectivity index (χ1v) is 6.82. The highest BCUT2D eigenvalue weighted by molar-refractivity contribution is 5.84. The standard InChI is InChI=1S/C17H16FNO3/c1-12-5-4-7-14(9-12)22-17(21)11-19-16(20)10-13-6-2-3-8-15(13)18/h2-9H,10-11H2,1H3,(H,19,20). The van der Waals surface area contributed by atoms with Gasteiger partial charge in [0.15, 0.2) is 0 Å². The molecule has 0 unspecified atom stereocenters. The third-order valence-electron chi connectivity index (χ3n) is 2.96. The number of amides is 1. The molecule has 0 fully saturated rings. The molecule has 114 valence electrons. The highest BCUT2D eigenvalue weighted by atomic mass is 19.1. The highest BCUT2D eigenvalue weighted by Crippen LogP contribution is 2.12. The lowest BCUT2D eigenvalue weighted by atomic mass is 10.1. The number of carbonyl (C=O) groups excluding carboxylic acids is 2. The van der Waals surface area contributed by atoms with Gasteiger partial charge in [0.25, 0.3) is 0 Å². The Morgan fingerprint density at radius 2 is 1.91 bits per heavy atom. The molecule has 0 aliphatic rings. The van der Waals surface area contributed by atoms with Crippen LogP contribution < -0.4 is 10.1 Å². The van der Waals surface area contributed by atoms with Gasteiger partial charge in [-0.2, -0.15) is 0 Å². The summed E-state index contributed by atoms with van der Waals surface area (Å²) in [4.78, 5) is 23.3. The van der Waals surface area contributed by atoms with Gasteiger partial charge in [-0.3, -0.25) is 4.79 Å². The first kappa shape index (κ1) is 15.7. The van der Waals surface area contributed by atoms with Crippen molar-refractivity contribution in [3.63, 3.8) is 0 Å². The SMILES string of the molecule is Cc1cccc(OC(=O)CNC(=O)Cc2ccccc2F)c1. The topological polar surface area (TPSA) is 55.4 Å². The van der Waals surface area contributed by atoms with Crippen molar-refractivity contribution in [3.8, 4) is 5.75 Å². The Hall–Kier alpha value is -2.69. The summed E-state index contributed by atoms with van der Waals surface area (Å²) in [6.07, 6.45) is -0.121. The summed E-state index contributed by atoms with van der Waals surface area (Å²) < 4.78 is 18.5. The molecule has 2 rings (SSSR count). The Morgan fingerprint density at radius 3 is 2.64 bits per heavy atom. The maximum absolute atomic E-state index is 13.4. The molecule has 0 atom stereocenters. The number of benzene rings is 2. The average Bonchev–Trinajstić information content (AvgIpc) is 2.48. The van der Waals surface area contributed by atoms with Gasteiger partial charge in [-0.15, -0.1) is 0 Å². The van der Waals surface area contributed by atoms with Crippen molar-refractivity contribution in [3.05, 3.63) is 65.5 Å². The summed E-state index contributed by atoms with van der Waals surface area (Å²) in [6.45, 7) is 1.62. The third-order valence-corrected chi connectivity index (χ3v) is 2.96. The van der Waals surface area contributed by atoms with Crippen LogP contribution >= 0.6 is 0 Å². The first-order valence-electron chi connectivity index (χ1n) is 6.82. The minimum Gasteiger partial charge on any atom is -0.425 e. The van der Waals surface area contributed by atoms with E-state index in [1.165, 1.54) is 12.1 Å². The van der Waals surface area contributed by atoms with Crippen LogP contribution in [0.2, 0.25) is 0 Å². The Bertz CT molecular complexity index is 685. The van der Waals surface area contributed by atoms with Crippen LogP contribution in [0.5, 0.6) is 5.75 Å². The third kappa shape index (κ3) is 4.70. The molecule has 0 saturated heterocycles. The fourth-order valence-electron chi connectivity index (χ4n) is 1.89. The van der Waals surface area contributed by atoms with Gasteiger partial charge in [0.1, 0.15) is 18.1 Å². The van der Waals surface area contributed by atoms with Gasteiger partial charge in [-0.05, 0) is 36.2 Å². The van der Waals surface area contributed by atoms with Gasteiger partial charge in [-0.25, -0.2) is 9.18 Å². The smallest absolute Gasteiger partial charge is 0.330 e. The van der Waals surface area contributed by atoms with E-state index >= 15 is 0 Å². The fourth-order valence-corrected chi connectivity index (χ4v) is 1.89. The average molecular weight is 301 g/mol. The van der Waals surface area contributed by atoms with E-state index in [-0.39, 0.29) is 18.5 Å². The van der Waals surface area contributed by atoms with Gasteiger partial charge < -0.3 is 10.1 Å². The monoisotopic (exact) mass is 301 g/mol. The van der Waals surface area contributed by atoms with Crippen molar-refractivity contribution in [2.75, 3.05) is 6.54 Å². The molecule has 0 aliphatic carbocycles. The number of hydrogen-bond acceptors (Lipinski definition) is 3. The summed E-state index contributed by atoms with van der Waals surface area (Å²) in [5.74, 6) is -1.04. The van der Waals surface area contributed by atoms with E-state index in [2.05, 4.69) is 5.32 Å². The molecule has 0 heterocycles. The molecule has 5 heteroatoms. The van der Waals surface area contributed by atoms with E-state index in [0.29, 0.717) is 5.75 Å². The van der Waals surface area contributed by atoms with E-state index in [9.17, 15) is 14.0 Å². The predicted molar refractivity (Wildman–Crippen MR) is 79.9 cm³/mol. The van der Waals surface area contributed by atoms with Crippen molar-refractivity contribution in [1.82, 2.24) is 5.32 Å². The summed E-state index contributed by atoms with van der Waals surface area (Å²) in [6, 6.07) is 13.1. The number of esters is 1. The number of aryl methyl sites for hydroxylation is 1. The molecule has 2 aromatic carbocycles. The van der Waals surface area contributed by atoms with Crippen LogP contribution in [0.15, 0.2) is 48.5 Å². The second-order valence-corrected chi connectivity index (χ2v) is 4.84. The minimum absolute atomic E-state index is 0.121. The van der Waals surface area contributed by atoms with Crippen molar-refractivity contribution in [1.29, 1.82) is 0 Å². The number of ether oxygens (including phenoxy) is 1. The zero-order valence-corrected chi connectivity index (χ0v) is 12.1. The van der Waals surface area contributed by atoms with Crippen molar-refractivity contribution >= 4 is 11.9 Å². The zero-order chi connectivity index (χ0) is 15.9. The molecule has 0 aliphatic heterocycles. The van der Waals surface area contributed by atoms with Crippen LogP contribution in [-0.4, -0.2) is 18.4 Å². The Morgan fingerprint density at radius 1 is 1.14 bits per heavy atom.